The van der Waals surface area contributed by atoms with Crippen LogP contribution in [0, 0.1) is 0 Å². The molecule has 5 heteroatoms. The van der Waals surface area contributed by atoms with Crippen LogP contribution >= 0.6 is 0 Å². The van der Waals surface area contributed by atoms with Gasteiger partial charge in [0.2, 0.25) is 0 Å². The van der Waals surface area contributed by atoms with Crippen molar-refractivity contribution in [3.63, 3.8) is 0 Å². The summed E-state index contributed by atoms with van der Waals surface area (Å²) in [5.74, 6) is 2.15. The summed E-state index contributed by atoms with van der Waals surface area (Å²) >= 11 is -2.72. The van der Waals surface area contributed by atoms with E-state index in [9.17, 15) is 0 Å². The molecule has 29 heavy (non-hydrogen) atoms. The van der Waals surface area contributed by atoms with Crippen molar-refractivity contribution in [1.82, 2.24) is 9.97 Å². The maximum atomic E-state index is 6.68. The molecule has 0 unspecified atom stereocenters. The van der Waals surface area contributed by atoms with Crippen LogP contribution in [0.5, 0.6) is 5.75 Å². The number of nitrogens with zero attached hydrogens (tertiary/aromatic N) is 2. The molecule has 1 aromatic rings. The standard InChI is InChI=1S/C12H20N2OSi.3C4H9.Sn/c1-7-10-13-8-9(15-16(5)6)11(14-10)12(2,3)4;3*1-3-4-2;/h7H2,1-6H3;3*1,3-4H2,2H3;. The van der Waals surface area contributed by atoms with E-state index in [1.165, 1.54) is 55.5 Å². The van der Waals surface area contributed by atoms with E-state index in [2.05, 4.69) is 61.6 Å². The summed E-state index contributed by atoms with van der Waals surface area (Å²) in [7, 11) is -0.876. The molecule has 0 spiro atoms. The summed E-state index contributed by atoms with van der Waals surface area (Å²) in [4.78, 5) is 10.4. The average Bonchev–Trinajstić information content (AvgIpc) is 2.66. The van der Waals surface area contributed by atoms with Gasteiger partial charge in [-0.25, -0.2) is 0 Å². The normalized spacial score (nSPS) is 12.6. The van der Waals surface area contributed by atoms with Gasteiger partial charge in [0.05, 0.1) is 0 Å². The van der Waals surface area contributed by atoms with Crippen molar-refractivity contribution in [2.45, 2.75) is 125 Å². The van der Waals surface area contributed by atoms with Crippen LogP contribution in [0.2, 0.25) is 26.4 Å². The summed E-state index contributed by atoms with van der Waals surface area (Å²) in [6, 6.07) is 0. The van der Waals surface area contributed by atoms with Crippen LogP contribution in [0.15, 0.2) is 0 Å². The Bertz CT molecular complexity index is 592. The molecule has 1 heterocycles. The van der Waals surface area contributed by atoms with Gasteiger partial charge in [-0.05, 0) is 0 Å². The van der Waals surface area contributed by atoms with Gasteiger partial charge in [0, 0.05) is 0 Å². The molecule has 0 atom stereocenters. The van der Waals surface area contributed by atoms with E-state index in [-0.39, 0.29) is 5.41 Å². The van der Waals surface area contributed by atoms with Crippen LogP contribution < -0.4 is 8.14 Å². The van der Waals surface area contributed by atoms with Crippen molar-refractivity contribution in [2.24, 2.45) is 0 Å². The first-order chi connectivity index (χ1) is 13.6. The van der Waals surface area contributed by atoms with E-state index in [0.717, 1.165) is 23.7 Å². The van der Waals surface area contributed by atoms with Crippen LogP contribution in [-0.4, -0.2) is 37.4 Å². The van der Waals surface area contributed by atoms with Crippen LogP contribution in [0.4, 0.5) is 0 Å². The minimum atomic E-state index is -2.72. The monoisotopic (exact) mass is 527 g/mol. The molecule has 0 saturated carbocycles. The topological polar surface area (TPSA) is 35.0 Å². The third-order valence-corrected chi connectivity index (χ3v) is 21.4. The Morgan fingerprint density at radius 2 is 1.31 bits per heavy atom. The number of aryl methyl sites for hydroxylation is 1. The SMILES string of the molecule is CCC[CH2][Sn]([CH2]CCC)([CH2]CCC)[c]1nc(CC)nc(C(C)(C)C)c1O[Si](C)C. The molecule has 167 valence electrons. The Labute approximate surface area is 187 Å². The Morgan fingerprint density at radius 3 is 1.66 bits per heavy atom. The van der Waals surface area contributed by atoms with Crippen LogP contribution in [0.25, 0.3) is 0 Å². The van der Waals surface area contributed by atoms with Gasteiger partial charge in [-0.3, -0.25) is 0 Å². The second-order valence-corrected chi connectivity index (χ2v) is 24.8. The minimum absolute atomic E-state index is 0.0217. The Balaban J connectivity index is 3.80. The van der Waals surface area contributed by atoms with Crippen molar-refractivity contribution in [3.8, 4) is 5.75 Å². The first-order valence-electron chi connectivity index (χ1n) is 12.0. The summed E-state index contributed by atoms with van der Waals surface area (Å²) in [6.07, 6.45) is 8.77. The second-order valence-electron chi connectivity index (χ2n) is 9.87. The predicted octanol–water partition coefficient (Wildman–Crippen LogP) is 7.02. The van der Waals surface area contributed by atoms with Crippen molar-refractivity contribution < 1.29 is 4.43 Å². The first-order valence-corrected chi connectivity index (χ1v) is 21.9. The van der Waals surface area contributed by atoms with Crippen LogP contribution in [0.3, 0.4) is 0 Å². The van der Waals surface area contributed by atoms with Gasteiger partial charge in [-0.15, -0.1) is 0 Å². The van der Waals surface area contributed by atoms with E-state index in [1.807, 2.05) is 0 Å². The van der Waals surface area contributed by atoms with Crippen molar-refractivity contribution in [3.05, 3.63) is 11.5 Å². The number of aromatic nitrogens is 2. The quantitative estimate of drug-likeness (QED) is 0.259. The zero-order valence-corrected chi connectivity index (χ0v) is 24.7. The Hall–Kier alpha value is -0.104. The van der Waals surface area contributed by atoms with E-state index >= 15 is 0 Å². The molecule has 0 aliphatic rings. The molecule has 3 nitrogen and oxygen atoms in total. The number of rotatable bonds is 13. The maximum absolute atomic E-state index is 6.68. The van der Waals surface area contributed by atoms with Crippen LogP contribution in [-0.2, 0) is 11.8 Å². The fourth-order valence-electron chi connectivity index (χ4n) is 4.10. The molecule has 1 radical (unpaired) electrons. The molecule has 0 amide bonds. The van der Waals surface area contributed by atoms with Gasteiger partial charge in [-0.2, -0.15) is 0 Å². The third kappa shape index (κ3) is 7.82. The molecule has 1 aromatic heterocycles. The fraction of sp³-hybridized carbons (Fsp3) is 0.833. The average molecular weight is 526 g/mol. The van der Waals surface area contributed by atoms with Crippen molar-refractivity contribution in [2.75, 3.05) is 0 Å². The van der Waals surface area contributed by atoms with Crippen molar-refractivity contribution in [1.29, 1.82) is 0 Å². The zero-order chi connectivity index (χ0) is 22.1. The molecule has 0 fully saturated rings. The summed E-state index contributed by atoms with van der Waals surface area (Å²) in [5, 5.41) is 0. The Morgan fingerprint density at radius 1 is 0.828 bits per heavy atom. The molecular weight excluding hydrogens is 479 g/mol. The molecule has 0 aromatic carbocycles. The van der Waals surface area contributed by atoms with Gasteiger partial charge in [0.1, 0.15) is 0 Å². The van der Waals surface area contributed by atoms with Gasteiger partial charge in [0.15, 0.2) is 0 Å². The zero-order valence-electron chi connectivity index (χ0n) is 20.9. The molecule has 0 aliphatic heterocycles. The summed E-state index contributed by atoms with van der Waals surface area (Å²) in [6.45, 7) is 20.5. The number of unbranched alkanes of at least 4 members (excludes halogenated alkanes) is 3. The molecule has 1 rings (SSSR count). The van der Waals surface area contributed by atoms with Gasteiger partial charge in [0.25, 0.3) is 0 Å². The van der Waals surface area contributed by atoms with Gasteiger partial charge >= 0.3 is 188 Å². The summed E-state index contributed by atoms with van der Waals surface area (Å²) in [5.41, 5.74) is 1.14. The van der Waals surface area contributed by atoms with Gasteiger partial charge < -0.3 is 0 Å². The first kappa shape index (κ1) is 26.9. The van der Waals surface area contributed by atoms with Crippen molar-refractivity contribution >= 4 is 31.1 Å². The number of hydrogen-bond donors (Lipinski definition) is 0. The van der Waals surface area contributed by atoms with E-state index < -0.39 is 27.4 Å². The number of hydrogen-bond acceptors (Lipinski definition) is 3. The fourth-order valence-corrected chi connectivity index (χ4v) is 20.9. The Kier molecular flexibility index (Phi) is 11.8. The predicted molar refractivity (Wildman–Crippen MR) is 133 cm³/mol. The summed E-state index contributed by atoms with van der Waals surface area (Å²) < 4.78 is 12.4. The van der Waals surface area contributed by atoms with Crippen LogP contribution in [0.1, 0.15) is 98.5 Å². The second kappa shape index (κ2) is 12.7. The molecule has 0 aliphatic carbocycles. The molecule has 0 saturated heterocycles. The molecule has 0 bridgehead atoms. The van der Waals surface area contributed by atoms with E-state index in [1.54, 1.807) is 0 Å². The molecule has 0 N–H and O–H groups in total. The third-order valence-electron chi connectivity index (χ3n) is 5.77. The molecular formula is C24H47N2OSiSn. The van der Waals surface area contributed by atoms with Gasteiger partial charge in [-0.1, -0.05) is 0 Å². The van der Waals surface area contributed by atoms with E-state index in [0.29, 0.717) is 0 Å². The van der Waals surface area contributed by atoms with E-state index in [4.69, 9.17) is 14.4 Å².